The first-order chi connectivity index (χ1) is 15.2. The van der Waals surface area contributed by atoms with Crippen LogP contribution in [0.3, 0.4) is 0 Å². The zero-order valence-corrected chi connectivity index (χ0v) is 19.2. The van der Waals surface area contributed by atoms with E-state index in [1.807, 2.05) is 48.5 Å². The molecule has 0 amide bonds. The third kappa shape index (κ3) is 4.37. The predicted octanol–water partition coefficient (Wildman–Crippen LogP) is 6.37. The topological polar surface area (TPSA) is 34.6 Å². The number of halogens is 1. The van der Waals surface area contributed by atoms with Gasteiger partial charge < -0.3 is 14.4 Å². The van der Waals surface area contributed by atoms with Crippen molar-refractivity contribution in [1.29, 1.82) is 0 Å². The first-order valence-electron chi connectivity index (χ1n) is 10.8. The van der Waals surface area contributed by atoms with E-state index in [2.05, 4.69) is 36.1 Å². The Bertz CT molecular complexity index is 1210. The number of hydrogen-bond donors (Lipinski definition) is 0. The summed E-state index contributed by atoms with van der Waals surface area (Å²) in [4.78, 5) is 7.37. The Balaban J connectivity index is 0.00000245. The molecule has 5 heteroatoms. The lowest BCUT2D eigenvalue weighted by Crippen LogP contribution is -2.23. The molecule has 1 aliphatic rings. The van der Waals surface area contributed by atoms with E-state index < -0.39 is 0 Å². The highest BCUT2D eigenvalue weighted by molar-refractivity contribution is 5.96. The second kappa shape index (κ2) is 9.49. The van der Waals surface area contributed by atoms with Crippen molar-refractivity contribution in [2.45, 2.75) is 19.8 Å². The van der Waals surface area contributed by atoms with E-state index in [4.69, 9.17) is 14.5 Å². The van der Waals surface area contributed by atoms with E-state index in [0.29, 0.717) is 0 Å². The van der Waals surface area contributed by atoms with Gasteiger partial charge in [-0.25, -0.2) is 0 Å². The summed E-state index contributed by atoms with van der Waals surface area (Å²) in [5.74, 6) is 2.58. The lowest BCUT2D eigenvalue weighted by atomic mass is 10.1. The molecule has 4 aromatic rings. The summed E-state index contributed by atoms with van der Waals surface area (Å²) in [5.41, 5.74) is 6.14. The number of rotatable bonds is 6. The monoisotopic (exact) mass is 446 g/mol. The van der Waals surface area contributed by atoms with E-state index in [1.165, 1.54) is 22.2 Å². The molecule has 0 N–H and O–H groups in total. The molecule has 0 spiro atoms. The molecule has 0 fully saturated rings. The number of para-hydroxylation sites is 1. The van der Waals surface area contributed by atoms with Gasteiger partial charge in [0.15, 0.2) is 0 Å². The van der Waals surface area contributed by atoms with Crippen molar-refractivity contribution in [2.75, 3.05) is 25.1 Å². The van der Waals surface area contributed by atoms with Gasteiger partial charge in [-0.15, -0.1) is 12.4 Å². The van der Waals surface area contributed by atoms with Crippen molar-refractivity contribution in [1.82, 2.24) is 4.98 Å². The van der Waals surface area contributed by atoms with Crippen LogP contribution in [0.25, 0.3) is 10.9 Å². The second-order valence-corrected chi connectivity index (χ2v) is 7.95. The fourth-order valence-corrected chi connectivity index (χ4v) is 4.37. The Morgan fingerprint density at radius 3 is 2.41 bits per heavy atom. The van der Waals surface area contributed by atoms with Gasteiger partial charge in [0.2, 0.25) is 0 Å². The van der Waals surface area contributed by atoms with E-state index >= 15 is 0 Å². The normalized spacial score (nSPS) is 12.4. The van der Waals surface area contributed by atoms with Gasteiger partial charge in [-0.2, -0.15) is 0 Å². The number of aryl methyl sites for hydroxylation is 1. The summed E-state index contributed by atoms with van der Waals surface area (Å²) in [5, 5.41) is 1.17. The van der Waals surface area contributed by atoms with Gasteiger partial charge in [0.25, 0.3) is 0 Å². The molecule has 0 unspecified atom stereocenters. The molecule has 1 aromatic heterocycles. The van der Waals surface area contributed by atoms with Crippen molar-refractivity contribution in [3.63, 3.8) is 0 Å². The molecule has 0 bridgehead atoms. The standard InChI is InChI=1S/C27H26N2O2.ClH/c1-19-24-15-17-29(16-14-20-8-10-21(30-2)11-9-20)27(24)25-18-23(12-13-26(25)28-19)31-22-6-4-3-5-7-22;/h3-13,18H,14-17H2,1-2H3;1H. The Hall–Kier alpha value is -3.24. The highest BCUT2D eigenvalue weighted by Gasteiger charge is 2.24. The SMILES string of the molecule is COc1ccc(CCN2CCc3c(C)nc4ccc(Oc5ccccc5)cc4c32)cc1.Cl. The number of pyridine rings is 1. The smallest absolute Gasteiger partial charge is 0.128 e. The van der Waals surface area contributed by atoms with E-state index in [0.717, 1.165) is 54.4 Å². The van der Waals surface area contributed by atoms with Crippen LogP contribution in [0.4, 0.5) is 5.69 Å². The van der Waals surface area contributed by atoms with Crippen LogP contribution in [-0.2, 0) is 12.8 Å². The Kier molecular flexibility index (Phi) is 6.52. The largest absolute Gasteiger partial charge is 0.497 e. The maximum absolute atomic E-state index is 6.10. The Morgan fingerprint density at radius 1 is 0.906 bits per heavy atom. The summed E-state index contributed by atoms with van der Waals surface area (Å²) in [6, 6.07) is 24.5. The molecule has 0 atom stereocenters. The van der Waals surface area contributed by atoms with Crippen LogP contribution in [0, 0.1) is 6.92 Å². The predicted molar refractivity (Wildman–Crippen MR) is 133 cm³/mol. The van der Waals surface area contributed by atoms with Crippen molar-refractivity contribution in [3.8, 4) is 17.2 Å². The molecule has 0 radical (unpaired) electrons. The average molecular weight is 447 g/mol. The fourth-order valence-electron chi connectivity index (χ4n) is 4.37. The number of ether oxygens (including phenoxy) is 2. The summed E-state index contributed by atoms with van der Waals surface area (Å²) in [7, 11) is 1.70. The van der Waals surface area contributed by atoms with Gasteiger partial charge in [0, 0.05) is 24.2 Å². The number of anilines is 1. The van der Waals surface area contributed by atoms with Crippen molar-refractivity contribution >= 4 is 29.0 Å². The maximum atomic E-state index is 6.10. The lowest BCUT2D eigenvalue weighted by Gasteiger charge is -2.22. The quantitative estimate of drug-likeness (QED) is 0.344. The van der Waals surface area contributed by atoms with Crippen molar-refractivity contribution < 1.29 is 9.47 Å². The van der Waals surface area contributed by atoms with E-state index in [1.54, 1.807) is 7.11 Å². The van der Waals surface area contributed by atoms with Crippen LogP contribution in [0.1, 0.15) is 16.8 Å². The molecule has 3 aromatic carbocycles. The van der Waals surface area contributed by atoms with Crippen LogP contribution in [0.15, 0.2) is 72.8 Å². The lowest BCUT2D eigenvalue weighted by molar-refractivity contribution is 0.414. The van der Waals surface area contributed by atoms with E-state index in [9.17, 15) is 0 Å². The molecule has 5 rings (SSSR count). The molecule has 0 aliphatic carbocycles. The Morgan fingerprint density at radius 2 is 1.66 bits per heavy atom. The number of aromatic nitrogens is 1. The minimum Gasteiger partial charge on any atom is -0.497 e. The van der Waals surface area contributed by atoms with Crippen LogP contribution in [0.2, 0.25) is 0 Å². The third-order valence-corrected chi connectivity index (χ3v) is 5.99. The zero-order chi connectivity index (χ0) is 21.2. The minimum atomic E-state index is 0. The van der Waals surface area contributed by atoms with Crippen LogP contribution >= 0.6 is 12.4 Å². The van der Waals surface area contributed by atoms with Crippen molar-refractivity contribution in [2.24, 2.45) is 0 Å². The van der Waals surface area contributed by atoms with Gasteiger partial charge in [-0.1, -0.05) is 30.3 Å². The fraction of sp³-hybridized carbons (Fsp3) is 0.222. The number of fused-ring (bicyclic) bond motifs is 3. The minimum absolute atomic E-state index is 0. The van der Waals surface area contributed by atoms with Gasteiger partial charge in [-0.3, -0.25) is 4.98 Å². The summed E-state index contributed by atoms with van der Waals surface area (Å²) in [6.07, 6.45) is 2.03. The number of hydrogen-bond acceptors (Lipinski definition) is 4. The van der Waals surface area contributed by atoms with Gasteiger partial charge >= 0.3 is 0 Å². The zero-order valence-electron chi connectivity index (χ0n) is 18.4. The number of methoxy groups -OCH3 is 1. The highest BCUT2D eigenvalue weighted by atomic mass is 35.5. The molecule has 0 saturated carbocycles. The summed E-state index contributed by atoms with van der Waals surface area (Å²) in [6.45, 7) is 4.12. The molecule has 164 valence electrons. The van der Waals surface area contributed by atoms with Crippen LogP contribution in [0.5, 0.6) is 17.2 Å². The Labute approximate surface area is 195 Å². The third-order valence-electron chi connectivity index (χ3n) is 5.99. The first kappa shape index (κ1) is 22.0. The summed E-state index contributed by atoms with van der Waals surface area (Å²) >= 11 is 0. The molecule has 1 aliphatic heterocycles. The number of benzene rings is 3. The maximum Gasteiger partial charge on any atom is 0.128 e. The number of nitrogens with zero attached hydrogens (tertiary/aromatic N) is 2. The second-order valence-electron chi connectivity index (χ2n) is 7.95. The van der Waals surface area contributed by atoms with E-state index in [-0.39, 0.29) is 12.4 Å². The highest BCUT2D eigenvalue weighted by Crippen LogP contribution is 2.38. The van der Waals surface area contributed by atoms with Gasteiger partial charge in [0.05, 0.1) is 18.3 Å². The average Bonchev–Trinajstić information content (AvgIpc) is 3.24. The van der Waals surface area contributed by atoms with Gasteiger partial charge in [0.1, 0.15) is 17.2 Å². The molecule has 2 heterocycles. The molecule has 4 nitrogen and oxygen atoms in total. The summed E-state index contributed by atoms with van der Waals surface area (Å²) < 4.78 is 11.4. The van der Waals surface area contributed by atoms with Gasteiger partial charge in [-0.05, 0) is 73.4 Å². The van der Waals surface area contributed by atoms with Crippen LogP contribution in [-0.4, -0.2) is 25.2 Å². The molecule has 32 heavy (non-hydrogen) atoms. The van der Waals surface area contributed by atoms with Crippen molar-refractivity contribution in [3.05, 3.63) is 89.6 Å². The molecule has 0 saturated heterocycles. The van der Waals surface area contributed by atoms with Crippen LogP contribution < -0.4 is 14.4 Å². The molecular weight excluding hydrogens is 420 g/mol. The molecular formula is C27H27ClN2O2. The first-order valence-corrected chi connectivity index (χ1v) is 10.8.